The van der Waals surface area contributed by atoms with Crippen LogP contribution >= 0.6 is 11.6 Å². The second kappa shape index (κ2) is 8.25. The standard InChI is InChI=1S/C28H19ClN4O4/c1-15-21(31-19-7-3-2-6-18(19)30-15)14-28-23(24(34)16-10-12-17(29)13-11-16)25(35)26(36)33(28)22-9-5-4-8-20(22)32-27(28)37/h2-13,34H,14H2,1H3,(H,32,37)/b24-23-. The van der Waals surface area contributed by atoms with Crippen molar-refractivity contribution in [2.45, 2.75) is 18.9 Å². The number of carbonyl (C=O) groups is 3. The number of para-hydroxylation sites is 4. The smallest absolute Gasteiger partial charge is 0.300 e. The third-order valence-electron chi connectivity index (χ3n) is 6.81. The van der Waals surface area contributed by atoms with E-state index in [0.29, 0.717) is 38.8 Å². The Morgan fingerprint density at radius 3 is 2.32 bits per heavy atom. The molecule has 2 aliphatic rings. The Bertz CT molecular complexity index is 1680. The molecule has 1 aromatic heterocycles. The highest BCUT2D eigenvalue weighted by Crippen LogP contribution is 2.48. The van der Waals surface area contributed by atoms with Crippen molar-refractivity contribution >= 4 is 57.4 Å². The first kappa shape index (κ1) is 22.9. The Hall–Kier alpha value is -4.56. The number of hydrogen-bond donors (Lipinski definition) is 2. The van der Waals surface area contributed by atoms with Gasteiger partial charge in [-0.2, -0.15) is 0 Å². The van der Waals surface area contributed by atoms with Gasteiger partial charge in [0.05, 0.1) is 39.4 Å². The number of anilines is 2. The molecule has 1 atom stereocenters. The molecule has 4 aromatic rings. The Balaban J connectivity index is 1.64. The Morgan fingerprint density at radius 1 is 0.946 bits per heavy atom. The van der Waals surface area contributed by atoms with Crippen molar-refractivity contribution in [2.24, 2.45) is 0 Å². The van der Waals surface area contributed by atoms with E-state index in [0.717, 1.165) is 0 Å². The summed E-state index contributed by atoms with van der Waals surface area (Å²) in [6.45, 7) is 1.76. The van der Waals surface area contributed by atoms with Gasteiger partial charge in [0.1, 0.15) is 5.76 Å². The molecule has 1 saturated heterocycles. The van der Waals surface area contributed by atoms with Crippen molar-refractivity contribution in [1.29, 1.82) is 0 Å². The van der Waals surface area contributed by atoms with Crippen LogP contribution < -0.4 is 10.2 Å². The molecule has 0 aliphatic carbocycles. The van der Waals surface area contributed by atoms with E-state index in [1.165, 1.54) is 17.0 Å². The molecule has 8 nitrogen and oxygen atoms in total. The third kappa shape index (κ3) is 3.33. The molecule has 2 amide bonds. The zero-order chi connectivity index (χ0) is 25.9. The molecular weight excluding hydrogens is 492 g/mol. The van der Waals surface area contributed by atoms with Gasteiger partial charge in [-0.05, 0) is 55.5 Å². The van der Waals surface area contributed by atoms with Crippen LogP contribution in [-0.4, -0.2) is 38.2 Å². The number of fused-ring (bicyclic) bond motifs is 4. The normalized spacial score (nSPS) is 20.1. The van der Waals surface area contributed by atoms with Gasteiger partial charge < -0.3 is 10.4 Å². The molecule has 0 radical (unpaired) electrons. The van der Waals surface area contributed by atoms with Gasteiger partial charge >= 0.3 is 5.91 Å². The van der Waals surface area contributed by atoms with Gasteiger partial charge in [0.15, 0.2) is 5.54 Å². The van der Waals surface area contributed by atoms with Crippen LogP contribution in [0.3, 0.4) is 0 Å². The molecule has 0 spiro atoms. The minimum Gasteiger partial charge on any atom is -0.507 e. The number of aliphatic hydroxyl groups excluding tert-OH is 1. The highest BCUT2D eigenvalue weighted by molar-refractivity contribution is 6.55. The summed E-state index contributed by atoms with van der Waals surface area (Å²) in [5.74, 6) is -2.98. The minimum atomic E-state index is -1.89. The number of aryl methyl sites for hydroxylation is 1. The van der Waals surface area contributed by atoms with Crippen molar-refractivity contribution in [2.75, 3.05) is 10.2 Å². The predicted molar refractivity (Wildman–Crippen MR) is 139 cm³/mol. The van der Waals surface area contributed by atoms with Gasteiger partial charge in [-0.15, -0.1) is 0 Å². The van der Waals surface area contributed by atoms with Crippen LogP contribution in [0, 0.1) is 6.92 Å². The molecule has 3 heterocycles. The summed E-state index contributed by atoms with van der Waals surface area (Å²) in [4.78, 5) is 51.6. The van der Waals surface area contributed by atoms with E-state index >= 15 is 0 Å². The molecular formula is C28H19ClN4O4. The lowest BCUT2D eigenvalue weighted by atomic mass is 9.80. The number of benzene rings is 3. The van der Waals surface area contributed by atoms with Crippen molar-refractivity contribution < 1.29 is 19.5 Å². The molecule has 3 aromatic carbocycles. The van der Waals surface area contributed by atoms with Crippen molar-refractivity contribution in [3.05, 3.63) is 100 Å². The maximum absolute atomic E-state index is 14.0. The van der Waals surface area contributed by atoms with Gasteiger partial charge in [-0.3, -0.25) is 19.3 Å². The van der Waals surface area contributed by atoms with Crippen LogP contribution in [0.25, 0.3) is 16.8 Å². The molecule has 9 heteroatoms. The number of amides is 2. The van der Waals surface area contributed by atoms with E-state index < -0.39 is 28.9 Å². The Labute approximate surface area is 216 Å². The van der Waals surface area contributed by atoms with Crippen LogP contribution in [0.1, 0.15) is 17.0 Å². The maximum atomic E-state index is 14.0. The molecule has 37 heavy (non-hydrogen) atoms. The second-order valence-corrected chi connectivity index (χ2v) is 9.39. The van der Waals surface area contributed by atoms with Gasteiger partial charge in [-0.25, -0.2) is 9.97 Å². The fraction of sp³-hybridized carbons (Fsp3) is 0.107. The SMILES string of the molecule is Cc1nc2ccccc2nc1CC12C(=O)Nc3ccccc3N1C(=O)C(=O)/C2=C(/O)c1ccc(Cl)cc1. The molecule has 2 N–H and O–H groups in total. The van der Waals surface area contributed by atoms with Crippen molar-refractivity contribution in [3.8, 4) is 0 Å². The quantitative estimate of drug-likeness (QED) is 0.240. The van der Waals surface area contributed by atoms with Gasteiger partial charge in [0, 0.05) is 17.0 Å². The molecule has 6 rings (SSSR count). The first-order valence-corrected chi connectivity index (χ1v) is 11.9. The first-order chi connectivity index (χ1) is 17.8. The number of nitrogens with zero attached hydrogens (tertiary/aromatic N) is 3. The fourth-order valence-corrected chi connectivity index (χ4v) is 5.18. The lowest BCUT2D eigenvalue weighted by molar-refractivity contribution is -0.132. The van der Waals surface area contributed by atoms with E-state index in [4.69, 9.17) is 16.6 Å². The monoisotopic (exact) mass is 510 g/mol. The van der Waals surface area contributed by atoms with Crippen LogP contribution in [0.5, 0.6) is 0 Å². The summed E-state index contributed by atoms with van der Waals surface area (Å²) in [7, 11) is 0. The number of halogens is 1. The van der Waals surface area contributed by atoms with E-state index in [2.05, 4.69) is 10.3 Å². The topological polar surface area (TPSA) is 112 Å². The second-order valence-electron chi connectivity index (χ2n) is 8.95. The van der Waals surface area contributed by atoms with Gasteiger partial charge in [-0.1, -0.05) is 35.9 Å². The number of carbonyl (C=O) groups excluding carboxylic acids is 3. The highest BCUT2D eigenvalue weighted by atomic mass is 35.5. The van der Waals surface area contributed by atoms with Gasteiger partial charge in [0.2, 0.25) is 0 Å². The molecule has 182 valence electrons. The summed E-state index contributed by atoms with van der Waals surface area (Å²) in [6.07, 6.45) is -0.179. The number of rotatable bonds is 3. The number of ketones is 1. The first-order valence-electron chi connectivity index (χ1n) is 11.5. The number of Topliss-reactive ketones (excluding diaryl/α,β-unsaturated/α-hetero) is 1. The summed E-state index contributed by atoms with van der Waals surface area (Å²) in [6, 6.07) is 20.2. The lowest BCUT2D eigenvalue weighted by Crippen LogP contribution is -2.60. The lowest BCUT2D eigenvalue weighted by Gasteiger charge is -2.41. The zero-order valence-corrected chi connectivity index (χ0v) is 20.3. The minimum absolute atomic E-state index is 0.179. The Kier molecular flexibility index (Phi) is 5.10. The van der Waals surface area contributed by atoms with Crippen LogP contribution in [-0.2, 0) is 20.8 Å². The number of aromatic nitrogens is 2. The summed E-state index contributed by atoms with van der Waals surface area (Å²) < 4.78 is 0. The van der Waals surface area contributed by atoms with E-state index in [1.54, 1.807) is 49.4 Å². The van der Waals surface area contributed by atoms with Crippen LogP contribution in [0.4, 0.5) is 11.4 Å². The Morgan fingerprint density at radius 2 is 1.59 bits per heavy atom. The maximum Gasteiger partial charge on any atom is 0.300 e. The third-order valence-corrected chi connectivity index (χ3v) is 7.06. The zero-order valence-electron chi connectivity index (χ0n) is 19.5. The average Bonchev–Trinajstić information content (AvgIpc) is 3.12. The molecule has 2 aliphatic heterocycles. The average molecular weight is 511 g/mol. The van der Waals surface area contributed by atoms with E-state index in [1.807, 2.05) is 18.2 Å². The summed E-state index contributed by atoms with van der Waals surface area (Å²) in [5, 5.41) is 14.7. The van der Waals surface area contributed by atoms with E-state index in [9.17, 15) is 19.5 Å². The fourth-order valence-electron chi connectivity index (χ4n) is 5.05. The molecule has 1 fully saturated rings. The highest BCUT2D eigenvalue weighted by Gasteiger charge is 2.64. The molecule has 0 bridgehead atoms. The van der Waals surface area contributed by atoms with Crippen LogP contribution in [0.2, 0.25) is 5.02 Å². The van der Waals surface area contributed by atoms with E-state index in [-0.39, 0.29) is 17.6 Å². The predicted octanol–water partition coefficient (Wildman–Crippen LogP) is 4.41. The summed E-state index contributed by atoms with van der Waals surface area (Å²) >= 11 is 6.01. The van der Waals surface area contributed by atoms with Crippen molar-refractivity contribution in [1.82, 2.24) is 9.97 Å². The molecule has 0 saturated carbocycles. The van der Waals surface area contributed by atoms with Crippen LogP contribution in [0.15, 0.2) is 78.4 Å². The largest absolute Gasteiger partial charge is 0.507 e. The number of hydrogen-bond acceptors (Lipinski definition) is 6. The van der Waals surface area contributed by atoms with Gasteiger partial charge in [0.25, 0.3) is 11.7 Å². The van der Waals surface area contributed by atoms with Crippen molar-refractivity contribution in [3.63, 3.8) is 0 Å². The molecule has 1 unspecified atom stereocenters. The number of nitrogens with one attached hydrogen (secondary N) is 1. The summed E-state index contributed by atoms with van der Waals surface area (Å²) in [5.41, 5.74) is 1.01. The number of aliphatic hydroxyl groups is 1.